The summed E-state index contributed by atoms with van der Waals surface area (Å²) in [4.78, 5) is 4.73. The lowest BCUT2D eigenvalue weighted by Gasteiger charge is -2.16. The van der Waals surface area contributed by atoms with E-state index in [2.05, 4.69) is 60.0 Å². The lowest BCUT2D eigenvalue weighted by molar-refractivity contribution is 0.415. The Bertz CT molecular complexity index is 750. The minimum absolute atomic E-state index is 0. The van der Waals surface area contributed by atoms with E-state index in [0.29, 0.717) is 12.6 Å². The van der Waals surface area contributed by atoms with Crippen molar-refractivity contribution >= 4 is 40.7 Å². The molecule has 2 aromatic rings. The number of aliphatic imine (C=N–C) groups is 1. The van der Waals surface area contributed by atoms with Crippen LogP contribution in [0.1, 0.15) is 25.3 Å². The van der Waals surface area contributed by atoms with Crippen molar-refractivity contribution in [3.8, 4) is 5.75 Å². The Balaban J connectivity index is 0.00000225. The number of nitrogens with zero attached hydrogens (tertiary/aromatic N) is 1. The zero-order chi connectivity index (χ0) is 16.8. The molecule has 0 bridgehead atoms. The maximum atomic E-state index is 5.28. The summed E-state index contributed by atoms with van der Waals surface area (Å²) in [5.41, 5.74) is 1.20. The average molecular weight is 451 g/mol. The third kappa shape index (κ3) is 5.36. The molecule has 0 saturated carbocycles. The number of halogens is 1. The van der Waals surface area contributed by atoms with Crippen LogP contribution in [-0.2, 0) is 6.54 Å². The van der Waals surface area contributed by atoms with Gasteiger partial charge in [0.25, 0.3) is 0 Å². The number of guanidine groups is 1. The van der Waals surface area contributed by atoms with Crippen molar-refractivity contribution in [1.29, 1.82) is 0 Å². The van der Waals surface area contributed by atoms with Crippen molar-refractivity contribution in [3.05, 3.63) is 54.1 Å². The van der Waals surface area contributed by atoms with Crippen LogP contribution in [0.3, 0.4) is 0 Å². The van der Waals surface area contributed by atoms with Crippen LogP contribution in [0, 0.1) is 0 Å². The summed E-state index contributed by atoms with van der Waals surface area (Å²) in [6.07, 6.45) is 6.59. The van der Waals surface area contributed by atoms with Crippen molar-refractivity contribution in [2.75, 3.05) is 13.7 Å². The van der Waals surface area contributed by atoms with Crippen molar-refractivity contribution in [2.45, 2.75) is 32.4 Å². The quantitative estimate of drug-likeness (QED) is 0.310. The van der Waals surface area contributed by atoms with Gasteiger partial charge in [0.2, 0.25) is 0 Å². The van der Waals surface area contributed by atoms with Gasteiger partial charge in [-0.1, -0.05) is 30.4 Å². The molecule has 0 heterocycles. The van der Waals surface area contributed by atoms with Crippen LogP contribution in [0.4, 0.5) is 0 Å². The van der Waals surface area contributed by atoms with E-state index in [4.69, 9.17) is 9.73 Å². The Morgan fingerprint density at radius 3 is 2.56 bits per heavy atom. The number of hydrogen-bond donors (Lipinski definition) is 2. The zero-order valence-corrected chi connectivity index (χ0v) is 17.1. The molecule has 0 saturated heterocycles. The third-order valence-corrected chi connectivity index (χ3v) is 4.22. The first-order chi connectivity index (χ1) is 11.8. The highest BCUT2D eigenvalue weighted by molar-refractivity contribution is 14.0. The van der Waals surface area contributed by atoms with Crippen molar-refractivity contribution in [3.63, 3.8) is 0 Å². The summed E-state index contributed by atoms with van der Waals surface area (Å²) < 4.78 is 5.28. The Labute approximate surface area is 166 Å². The molecule has 0 fully saturated rings. The molecule has 2 N–H and O–H groups in total. The molecule has 0 spiro atoms. The number of fused-ring (bicyclic) bond motifs is 1. The summed E-state index contributed by atoms with van der Waals surface area (Å²) in [6, 6.07) is 13.1. The van der Waals surface area contributed by atoms with Gasteiger partial charge in [0.1, 0.15) is 5.75 Å². The highest BCUT2D eigenvalue weighted by Crippen LogP contribution is 2.22. The van der Waals surface area contributed by atoms with E-state index in [9.17, 15) is 0 Å². The highest BCUT2D eigenvalue weighted by Gasteiger charge is 2.11. The monoisotopic (exact) mass is 451 g/mol. The van der Waals surface area contributed by atoms with Crippen LogP contribution in [0.2, 0.25) is 0 Å². The summed E-state index contributed by atoms with van der Waals surface area (Å²) in [7, 11) is 1.69. The second kappa shape index (κ2) is 9.65. The molecule has 1 aliphatic carbocycles. The predicted octanol–water partition coefficient (Wildman–Crippen LogP) is 4.24. The Kier molecular flexibility index (Phi) is 7.55. The molecule has 134 valence electrons. The molecule has 5 heteroatoms. The molecule has 3 rings (SSSR count). The molecule has 0 unspecified atom stereocenters. The van der Waals surface area contributed by atoms with Crippen LogP contribution in [0.15, 0.2) is 53.5 Å². The van der Waals surface area contributed by atoms with Gasteiger partial charge in [0.05, 0.1) is 13.7 Å². The topological polar surface area (TPSA) is 45.7 Å². The summed E-state index contributed by atoms with van der Waals surface area (Å²) >= 11 is 0. The Morgan fingerprint density at radius 2 is 1.84 bits per heavy atom. The first-order valence-electron chi connectivity index (χ1n) is 8.55. The fraction of sp³-hybridized carbons (Fsp3) is 0.350. The maximum Gasteiger partial charge on any atom is 0.191 e. The van der Waals surface area contributed by atoms with Crippen molar-refractivity contribution < 1.29 is 4.74 Å². The second-order valence-corrected chi connectivity index (χ2v) is 6.03. The molecular weight excluding hydrogens is 425 g/mol. The van der Waals surface area contributed by atoms with E-state index in [-0.39, 0.29) is 24.0 Å². The van der Waals surface area contributed by atoms with E-state index in [1.165, 1.54) is 16.3 Å². The maximum absolute atomic E-state index is 5.28. The highest BCUT2D eigenvalue weighted by atomic mass is 127. The van der Waals surface area contributed by atoms with Gasteiger partial charge < -0.3 is 15.4 Å². The van der Waals surface area contributed by atoms with E-state index in [1.807, 2.05) is 6.07 Å². The Hall–Kier alpha value is -1.76. The first kappa shape index (κ1) is 19.6. The Morgan fingerprint density at radius 1 is 1.12 bits per heavy atom. The summed E-state index contributed by atoms with van der Waals surface area (Å²) in [5, 5.41) is 9.22. The molecule has 1 aliphatic rings. The van der Waals surface area contributed by atoms with E-state index >= 15 is 0 Å². The van der Waals surface area contributed by atoms with Gasteiger partial charge >= 0.3 is 0 Å². The summed E-state index contributed by atoms with van der Waals surface area (Å²) in [6.45, 7) is 3.62. The van der Waals surface area contributed by atoms with Crippen LogP contribution in [0.5, 0.6) is 5.75 Å². The molecule has 25 heavy (non-hydrogen) atoms. The van der Waals surface area contributed by atoms with Gasteiger partial charge in [0.15, 0.2) is 5.96 Å². The molecule has 0 amide bonds. The minimum Gasteiger partial charge on any atom is -0.497 e. The fourth-order valence-electron chi connectivity index (χ4n) is 2.92. The summed E-state index contributed by atoms with van der Waals surface area (Å²) in [5.74, 6) is 1.78. The second-order valence-electron chi connectivity index (χ2n) is 6.03. The molecular formula is C20H26IN3O. The van der Waals surface area contributed by atoms with Crippen LogP contribution in [0.25, 0.3) is 10.8 Å². The van der Waals surface area contributed by atoms with Gasteiger partial charge in [0, 0.05) is 12.6 Å². The first-order valence-corrected chi connectivity index (χ1v) is 8.55. The van der Waals surface area contributed by atoms with Crippen molar-refractivity contribution in [2.24, 2.45) is 4.99 Å². The zero-order valence-electron chi connectivity index (χ0n) is 14.8. The van der Waals surface area contributed by atoms with Crippen molar-refractivity contribution in [1.82, 2.24) is 10.6 Å². The van der Waals surface area contributed by atoms with Crippen LogP contribution in [-0.4, -0.2) is 25.7 Å². The largest absolute Gasteiger partial charge is 0.497 e. The molecule has 0 radical (unpaired) electrons. The standard InChI is InChI=1S/C20H25N3O.HI/c1-3-21-20(23-18-6-4-5-7-18)22-14-15-8-9-17-13-19(24-2)11-10-16(17)12-15;/h4-5,8-13,18H,3,6-7,14H2,1-2H3,(H2,21,22,23);1H. The molecule has 0 aliphatic heterocycles. The van der Waals surface area contributed by atoms with Gasteiger partial charge in [-0.2, -0.15) is 0 Å². The predicted molar refractivity (Wildman–Crippen MR) is 116 cm³/mol. The third-order valence-electron chi connectivity index (χ3n) is 4.22. The van der Waals surface area contributed by atoms with Crippen LogP contribution < -0.4 is 15.4 Å². The number of benzene rings is 2. The number of rotatable bonds is 5. The number of nitrogens with one attached hydrogen (secondary N) is 2. The van der Waals surface area contributed by atoms with Gasteiger partial charge in [-0.15, -0.1) is 24.0 Å². The van der Waals surface area contributed by atoms with Gasteiger partial charge in [-0.05, 0) is 54.3 Å². The lowest BCUT2D eigenvalue weighted by Crippen LogP contribution is -2.42. The number of methoxy groups -OCH3 is 1. The smallest absolute Gasteiger partial charge is 0.191 e. The minimum atomic E-state index is 0. The normalized spacial score (nSPS) is 14.4. The molecule has 4 nitrogen and oxygen atoms in total. The lowest BCUT2D eigenvalue weighted by atomic mass is 10.1. The molecule has 0 atom stereocenters. The van der Waals surface area contributed by atoms with Gasteiger partial charge in [-0.25, -0.2) is 4.99 Å². The number of hydrogen-bond acceptors (Lipinski definition) is 2. The fourth-order valence-corrected chi connectivity index (χ4v) is 2.92. The van der Waals surface area contributed by atoms with E-state index in [0.717, 1.165) is 31.1 Å². The molecule has 2 aromatic carbocycles. The number of ether oxygens (including phenoxy) is 1. The average Bonchev–Trinajstić information content (AvgIpc) is 3.12. The molecule has 0 aromatic heterocycles. The van der Waals surface area contributed by atoms with Gasteiger partial charge in [-0.3, -0.25) is 0 Å². The SMILES string of the molecule is CCNC(=NCc1ccc2cc(OC)ccc2c1)NC1CC=CC1.I. The van der Waals surface area contributed by atoms with Crippen LogP contribution >= 0.6 is 24.0 Å². The van der Waals surface area contributed by atoms with E-state index in [1.54, 1.807) is 7.11 Å². The van der Waals surface area contributed by atoms with E-state index < -0.39 is 0 Å².